The standard InChI is InChI=1S/C20H29N5O/c21-14-20(8-10-25(15-20)13-17-7-4-9-23-12-17)24-19(26)18(22)11-16-5-2-1-3-6-16/h4,7,9,12,16,18H,1-3,5-6,8,10-11,13,15,22H2,(H,24,26). The molecular weight excluding hydrogens is 326 g/mol. The number of rotatable bonds is 6. The summed E-state index contributed by atoms with van der Waals surface area (Å²) < 4.78 is 0. The molecule has 6 nitrogen and oxygen atoms in total. The lowest BCUT2D eigenvalue weighted by Crippen LogP contribution is -2.54. The third kappa shape index (κ3) is 4.80. The van der Waals surface area contributed by atoms with Gasteiger partial charge >= 0.3 is 0 Å². The molecule has 26 heavy (non-hydrogen) atoms. The molecular formula is C20H29N5O. The van der Waals surface area contributed by atoms with Crippen LogP contribution in [0.25, 0.3) is 0 Å². The number of aromatic nitrogens is 1. The van der Waals surface area contributed by atoms with Crippen molar-refractivity contribution < 1.29 is 4.79 Å². The fourth-order valence-electron chi connectivity index (χ4n) is 4.21. The van der Waals surface area contributed by atoms with Crippen molar-refractivity contribution in [3.05, 3.63) is 30.1 Å². The van der Waals surface area contributed by atoms with Gasteiger partial charge in [-0.05, 0) is 30.4 Å². The number of nitrogens with one attached hydrogen (secondary N) is 1. The second kappa shape index (κ2) is 8.61. The normalized spacial score (nSPS) is 25.5. The van der Waals surface area contributed by atoms with Crippen LogP contribution in [0.1, 0.15) is 50.5 Å². The first-order chi connectivity index (χ1) is 12.6. The van der Waals surface area contributed by atoms with E-state index in [0.717, 1.165) is 25.1 Å². The van der Waals surface area contributed by atoms with Gasteiger partial charge in [0.15, 0.2) is 0 Å². The number of likely N-dealkylation sites (tertiary alicyclic amines) is 1. The number of hydrogen-bond acceptors (Lipinski definition) is 5. The van der Waals surface area contributed by atoms with Gasteiger partial charge in [0, 0.05) is 32.0 Å². The zero-order chi connectivity index (χ0) is 18.4. The Morgan fingerprint density at radius 2 is 2.27 bits per heavy atom. The van der Waals surface area contributed by atoms with Crippen LogP contribution in [0.15, 0.2) is 24.5 Å². The van der Waals surface area contributed by atoms with Gasteiger partial charge in [0.05, 0.1) is 12.1 Å². The maximum Gasteiger partial charge on any atom is 0.238 e. The predicted octanol–water partition coefficient (Wildman–Crippen LogP) is 1.96. The molecule has 0 radical (unpaired) electrons. The number of carbonyl (C=O) groups is 1. The van der Waals surface area contributed by atoms with Crippen LogP contribution >= 0.6 is 0 Å². The lowest BCUT2D eigenvalue weighted by molar-refractivity contribution is -0.124. The highest BCUT2D eigenvalue weighted by atomic mass is 16.2. The van der Waals surface area contributed by atoms with E-state index in [1.54, 1.807) is 6.20 Å². The molecule has 1 amide bonds. The average molecular weight is 355 g/mol. The van der Waals surface area contributed by atoms with Crippen LogP contribution in [0.4, 0.5) is 0 Å². The van der Waals surface area contributed by atoms with E-state index in [4.69, 9.17) is 5.73 Å². The molecule has 1 aliphatic carbocycles. The summed E-state index contributed by atoms with van der Waals surface area (Å²) in [5.41, 5.74) is 6.44. The number of carbonyl (C=O) groups excluding carboxylic acids is 1. The van der Waals surface area contributed by atoms with Crippen LogP contribution in [0.5, 0.6) is 0 Å². The maximum absolute atomic E-state index is 12.6. The topological polar surface area (TPSA) is 95.0 Å². The predicted molar refractivity (Wildman–Crippen MR) is 99.8 cm³/mol. The van der Waals surface area contributed by atoms with E-state index in [1.165, 1.54) is 32.1 Å². The van der Waals surface area contributed by atoms with Crippen molar-refractivity contribution in [1.82, 2.24) is 15.2 Å². The molecule has 1 saturated heterocycles. The van der Waals surface area contributed by atoms with Crippen molar-refractivity contribution in [1.29, 1.82) is 5.26 Å². The molecule has 2 fully saturated rings. The summed E-state index contributed by atoms with van der Waals surface area (Å²) in [6, 6.07) is 5.76. The molecule has 3 rings (SSSR count). The number of nitrogens with zero attached hydrogens (tertiary/aromatic N) is 3. The Bertz CT molecular complexity index is 637. The van der Waals surface area contributed by atoms with Crippen LogP contribution in [0, 0.1) is 17.2 Å². The van der Waals surface area contributed by atoms with E-state index in [-0.39, 0.29) is 5.91 Å². The van der Waals surface area contributed by atoms with Crippen molar-refractivity contribution in [3.8, 4) is 6.07 Å². The van der Waals surface area contributed by atoms with Crippen LogP contribution in [0.3, 0.4) is 0 Å². The maximum atomic E-state index is 12.6. The lowest BCUT2D eigenvalue weighted by Gasteiger charge is -2.28. The van der Waals surface area contributed by atoms with Gasteiger partial charge < -0.3 is 11.1 Å². The first kappa shape index (κ1) is 18.8. The summed E-state index contributed by atoms with van der Waals surface area (Å²) in [4.78, 5) is 18.9. The lowest BCUT2D eigenvalue weighted by atomic mass is 9.84. The third-order valence-corrected chi connectivity index (χ3v) is 5.70. The monoisotopic (exact) mass is 355 g/mol. The van der Waals surface area contributed by atoms with E-state index < -0.39 is 11.6 Å². The average Bonchev–Trinajstić information content (AvgIpc) is 3.06. The Hall–Kier alpha value is -1.97. The summed E-state index contributed by atoms with van der Waals surface area (Å²) in [7, 11) is 0. The van der Waals surface area contributed by atoms with Crippen molar-refractivity contribution in [2.45, 2.75) is 63.1 Å². The van der Waals surface area contributed by atoms with Gasteiger partial charge in [-0.2, -0.15) is 5.26 Å². The van der Waals surface area contributed by atoms with Crippen molar-refractivity contribution in [2.75, 3.05) is 13.1 Å². The van der Waals surface area contributed by atoms with E-state index in [0.29, 0.717) is 18.9 Å². The Labute approximate surface area is 155 Å². The zero-order valence-corrected chi connectivity index (χ0v) is 15.4. The van der Waals surface area contributed by atoms with E-state index >= 15 is 0 Å². The smallest absolute Gasteiger partial charge is 0.238 e. The molecule has 0 spiro atoms. The van der Waals surface area contributed by atoms with Crippen LogP contribution < -0.4 is 11.1 Å². The highest BCUT2D eigenvalue weighted by molar-refractivity contribution is 5.82. The Morgan fingerprint density at radius 3 is 2.96 bits per heavy atom. The van der Waals surface area contributed by atoms with Crippen molar-refractivity contribution in [2.24, 2.45) is 11.7 Å². The molecule has 1 aliphatic heterocycles. The number of pyridine rings is 1. The third-order valence-electron chi connectivity index (χ3n) is 5.70. The summed E-state index contributed by atoms with van der Waals surface area (Å²) in [6.07, 6.45) is 11.1. The highest BCUT2D eigenvalue weighted by Gasteiger charge is 2.40. The fourth-order valence-corrected chi connectivity index (χ4v) is 4.21. The quantitative estimate of drug-likeness (QED) is 0.813. The van der Waals surface area contributed by atoms with Gasteiger partial charge in [-0.25, -0.2) is 0 Å². The summed E-state index contributed by atoms with van der Waals surface area (Å²) in [5.74, 6) is 0.369. The molecule has 3 N–H and O–H groups in total. The summed E-state index contributed by atoms with van der Waals surface area (Å²) in [6.45, 7) is 2.04. The first-order valence-electron chi connectivity index (χ1n) is 9.70. The molecule has 1 aromatic rings. The number of nitriles is 1. The second-order valence-electron chi connectivity index (χ2n) is 7.85. The molecule has 2 aliphatic rings. The van der Waals surface area contributed by atoms with E-state index in [1.807, 2.05) is 18.3 Å². The van der Waals surface area contributed by atoms with Crippen LogP contribution in [-0.2, 0) is 11.3 Å². The van der Waals surface area contributed by atoms with E-state index in [2.05, 4.69) is 21.3 Å². The number of amides is 1. The number of nitrogens with two attached hydrogens (primary N) is 1. The van der Waals surface area contributed by atoms with Crippen molar-refractivity contribution >= 4 is 5.91 Å². The molecule has 140 valence electrons. The van der Waals surface area contributed by atoms with Crippen LogP contribution in [0.2, 0.25) is 0 Å². The second-order valence-corrected chi connectivity index (χ2v) is 7.85. The van der Waals surface area contributed by atoms with Crippen LogP contribution in [-0.4, -0.2) is 40.5 Å². The number of hydrogen-bond donors (Lipinski definition) is 2. The minimum Gasteiger partial charge on any atom is -0.335 e. The molecule has 2 atom stereocenters. The van der Waals surface area contributed by atoms with E-state index in [9.17, 15) is 10.1 Å². The Balaban J connectivity index is 1.53. The molecule has 6 heteroatoms. The molecule has 2 heterocycles. The summed E-state index contributed by atoms with van der Waals surface area (Å²) in [5, 5.41) is 12.7. The van der Waals surface area contributed by atoms with Gasteiger partial charge in [-0.3, -0.25) is 14.7 Å². The highest BCUT2D eigenvalue weighted by Crippen LogP contribution is 2.27. The molecule has 0 aromatic carbocycles. The van der Waals surface area contributed by atoms with Gasteiger partial charge in [0.1, 0.15) is 5.54 Å². The van der Waals surface area contributed by atoms with Gasteiger partial charge in [0.25, 0.3) is 0 Å². The minimum absolute atomic E-state index is 0.180. The van der Waals surface area contributed by atoms with Crippen molar-refractivity contribution in [3.63, 3.8) is 0 Å². The largest absolute Gasteiger partial charge is 0.335 e. The van der Waals surface area contributed by atoms with Gasteiger partial charge in [-0.1, -0.05) is 38.2 Å². The first-order valence-corrected chi connectivity index (χ1v) is 9.70. The van der Waals surface area contributed by atoms with Gasteiger partial charge in [-0.15, -0.1) is 0 Å². The molecule has 1 aromatic heterocycles. The summed E-state index contributed by atoms with van der Waals surface area (Å²) >= 11 is 0. The molecule has 1 saturated carbocycles. The Kier molecular flexibility index (Phi) is 6.23. The Morgan fingerprint density at radius 1 is 1.46 bits per heavy atom. The molecule has 0 bridgehead atoms. The SMILES string of the molecule is N#CC1(NC(=O)C(N)CC2CCCCC2)CCN(Cc2cccnc2)C1. The minimum atomic E-state index is -0.830. The fraction of sp³-hybridized carbons (Fsp3) is 0.650. The van der Waals surface area contributed by atoms with Gasteiger partial charge in [0.2, 0.25) is 5.91 Å². The molecule has 2 unspecified atom stereocenters. The zero-order valence-electron chi connectivity index (χ0n) is 15.4.